The second-order valence-electron chi connectivity index (χ2n) is 6.62. The molecule has 23 heavy (non-hydrogen) atoms. The van der Waals surface area contributed by atoms with Crippen molar-refractivity contribution in [3.05, 3.63) is 41.0 Å². The molecule has 2 fully saturated rings. The van der Waals surface area contributed by atoms with Crippen LogP contribution in [0, 0.1) is 0 Å². The zero-order valence-corrected chi connectivity index (χ0v) is 13.6. The van der Waals surface area contributed by atoms with E-state index in [1.54, 1.807) is 0 Å². The third kappa shape index (κ3) is 2.76. The number of benzene rings is 1. The van der Waals surface area contributed by atoms with E-state index in [2.05, 4.69) is 10.5 Å². The van der Waals surface area contributed by atoms with Crippen molar-refractivity contribution in [1.82, 2.24) is 10.5 Å². The fourth-order valence-electron chi connectivity index (χ4n) is 3.37. The molecule has 1 N–H and O–H groups in total. The first kappa shape index (κ1) is 14.8. The molecule has 1 aromatic carbocycles. The molecule has 0 saturated heterocycles. The zero-order chi connectivity index (χ0) is 15.9. The Kier molecular flexibility index (Phi) is 3.64. The van der Waals surface area contributed by atoms with Gasteiger partial charge in [0.15, 0.2) is 5.76 Å². The maximum Gasteiger partial charge on any atom is 0.232 e. The minimum absolute atomic E-state index is 0.111. The number of nitrogens with one attached hydrogen (secondary N) is 1. The van der Waals surface area contributed by atoms with Gasteiger partial charge in [0.25, 0.3) is 0 Å². The summed E-state index contributed by atoms with van der Waals surface area (Å²) < 4.78 is 5.46. The molecular formula is C18H19ClN2O2. The van der Waals surface area contributed by atoms with Gasteiger partial charge >= 0.3 is 0 Å². The maximum absolute atomic E-state index is 12.7. The van der Waals surface area contributed by atoms with E-state index < -0.39 is 5.41 Å². The molecule has 0 atom stereocenters. The highest BCUT2D eigenvalue weighted by Crippen LogP contribution is 2.48. The fraction of sp³-hybridized carbons (Fsp3) is 0.444. The molecule has 0 spiro atoms. The van der Waals surface area contributed by atoms with E-state index >= 15 is 0 Å². The quantitative estimate of drug-likeness (QED) is 0.918. The van der Waals surface area contributed by atoms with Crippen LogP contribution in [0.2, 0.25) is 5.02 Å². The first-order valence-electron chi connectivity index (χ1n) is 8.21. The molecule has 1 amide bonds. The Morgan fingerprint density at radius 1 is 1.22 bits per heavy atom. The lowest BCUT2D eigenvalue weighted by atomic mass is 9.99. The van der Waals surface area contributed by atoms with Crippen LogP contribution in [0.15, 0.2) is 34.9 Å². The van der Waals surface area contributed by atoms with Crippen molar-refractivity contribution < 1.29 is 9.32 Å². The standard InChI is InChI=1S/C18H19ClN2O2/c19-13-7-5-12(6-8-13)15-11-16(21-23-15)18(9-10-18)17(22)20-14-3-1-2-4-14/h5-8,11,14H,1-4,9-10H2,(H,20,22). The summed E-state index contributed by atoms with van der Waals surface area (Å²) in [5, 5.41) is 8.06. The summed E-state index contributed by atoms with van der Waals surface area (Å²) in [5.41, 5.74) is 1.19. The summed E-state index contributed by atoms with van der Waals surface area (Å²) in [7, 11) is 0. The van der Waals surface area contributed by atoms with Crippen LogP contribution in [0.5, 0.6) is 0 Å². The van der Waals surface area contributed by atoms with Crippen LogP contribution in [0.3, 0.4) is 0 Å². The van der Waals surface area contributed by atoms with Crippen molar-refractivity contribution in [2.45, 2.75) is 50.0 Å². The Morgan fingerprint density at radius 2 is 1.91 bits per heavy atom. The number of carbonyl (C=O) groups is 1. The summed E-state index contributed by atoms with van der Waals surface area (Å²) in [6.07, 6.45) is 6.30. The summed E-state index contributed by atoms with van der Waals surface area (Å²) in [4.78, 5) is 12.7. The number of nitrogens with zero attached hydrogens (tertiary/aromatic N) is 1. The molecule has 5 heteroatoms. The van der Waals surface area contributed by atoms with E-state index in [0.717, 1.165) is 36.9 Å². The lowest BCUT2D eigenvalue weighted by Gasteiger charge is -2.17. The van der Waals surface area contributed by atoms with Crippen LogP contribution < -0.4 is 5.32 Å². The summed E-state index contributed by atoms with van der Waals surface area (Å²) in [5.74, 6) is 0.789. The van der Waals surface area contributed by atoms with Crippen LogP contribution in [0.4, 0.5) is 0 Å². The lowest BCUT2D eigenvalue weighted by Crippen LogP contribution is -2.40. The zero-order valence-electron chi connectivity index (χ0n) is 12.8. The Hall–Kier alpha value is -1.81. The molecule has 1 heterocycles. The molecule has 1 aromatic heterocycles. The molecule has 4 nitrogen and oxygen atoms in total. The minimum Gasteiger partial charge on any atom is -0.356 e. The van der Waals surface area contributed by atoms with E-state index in [4.69, 9.17) is 16.1 Å². The predicted octanol–water partition coefficient (Wildman–Crippen LogP) is 4.09. The van der Waals surface area contributed by atoms with Gasteiger partial charge in [-0.2, -0.15) is 0 Å². The third-order valence-corrected chi connectivity index (χ3v) is 5.26. The number of aromatic nitrogens is 1. The van der Waals surface area contributed by atoms with Crippen molar-refractivity contribution in [3.8, 4) is 11.3 Å². The average molecular weight is 331 g/mol. The Bertz CT molecular complexity index is 713. The third-order valence-electron chi connectivity index (χ3n) is 5.00. The van der Waals surface area contributed by atoms with Gasteiger partial charge in [-0.05, 0) is 49.9 Å². The Morgan fingerprint density at radius 3 is 2.57 bits per heavy atom. The molecule has 2 aliphatic carbocycles. The number of amides is 1. The summed E-state index contributed by atoms with van der Waals surface area (Å²) >= 11 is 5.91. The van der Waals surface area contributed by atoms with Crippen LogP contribution in [0.25, 0.3) is 11.3 Å². The number of rotatable bonds is 4. The van der Waals surface area contributed by atoms with Crippen molar-refractivity contribution in [2.75, 3.05) is 0 Å². The number of hydrogen-bond donors (Lipinski definition) is 1. The monoisotopic (exact) mass is 330 g/mol. The summed E-state index contributed by atoms with van der Waals surface area (Å²) in [6.45, 7) is 0. The van der Waals surface area contributed by atoms with Crippen molar-refractivity contribution in [1.29, 1.82) is 0 Å². The molecule has 0 aliphatic heterocycles. The van der Waals surface area contributed by atoms with Gasteiger partial charge in [0.1, 0.15) is 0 Å². The number of halogens is 1. The number of carbonyl (C=O) groups excluding carboxylic acids is 1. The highest BCUT2D eigenvalue weighted by atomic mass is 35.5. The van der Waals surface area contributed by atoms with Gasteiger partial charge in [-0.3, -0.25) is 4.79 Å². The summed E-state index contributed by atoms with van der Waals surface area (Å²) in [6, 6.07) is 9.65. The van der Waals surface area contributed by atoms with Gasteiger partial charge < -0.3 is 9.84 Å². The minimum atomic E-state index is -0.475. The van der Waals surface area contributed by atoms with E-state index in [1.165, 1.54) is 12.8 Å². The lowest BCUT2D eigenvalue weighted by molar-refractivity contribution is -0.124. The van der Waals surface area contributed by atoms with E-state index in [1.807, 2.05) is 30.3 Å². The van der Waals surface area contributed by atoms with E-state index in [9.17, 15) is 4.79 Å². The van der Waals surface area contributed by atoms with Gasteiger partial charge in [-0.1, -0.05) is 29.6 Å². The molecule has 2 aromatic rings. The van der Waals surface area contributed by atoms with Crippen molar-refractivity contribution in [2.24, 2.45) is 0 Å². The van der Waals surface area contributed by atoms with Crippen LogP contribution in [-0.4, -0.2) is 17.1 Å². The van der Waals surface area contributed by atoms with Gasteiger partial charge in [-0.25, -0.2) is 0 Å². The molecule has 2 aliphatic rings. The Balaban J connectivity index is 1.53. The first-order valence-corrected chi connectivity index (χ1v) is 8.59. The molecule has 2 saturated carbocycles. The van der Waals surface area contributed by atoms with Gasteiger partial charge in [-0.15, -0.1) is 0 Å². The normalized spacial score (nSPS) is 19.7. The van der Waals surface area contributed by atoms with Gasteiger partial charge in [0.05, 0.1) is 11.1 Å². The molecule has 4 rings (SSSR count). The Labute approximate surface area is 140 Å². The first-order chi connectivity index (χ1) is 11.2. The largest absolute Gasteiger partial charge is 0.356 e. The van der Waals surface area contributed by atoms with Crippen molar-refractivity contribution in [3.63, 3.8) is 0 Å². The SMILES string of the molecule is O=C(NC1CCCC1)C1(c2cc(-c3ccc(Cl)cc3)on2)CC1. The van der Waals surface area contributed by atoms with Gasteiger partial charge in [0.2, 0.25) is 5.91 Å². The molecule has 0 radical (unpaired) electrons. The van der Waals surface area contributed by atoms with E-state index in [0.29, 0.717) is 16.8 Å². The number of hydrogen-bond acceptors (Lipinski definition) is 3. The molecule has 0 bridgehead atoms. The molecule has 120 valence electrons. The van der Waals surface area contributed by atoms with E-state index in [-0.39, 0.29) is 5.91 Å². The predicted molar refractivity (Wildman–Crippen MR) is 88.3 cm³/mol. The molecule has 0 unspecified atom stereocenters. The van der Waals surface area contributed by atoms with Gasteiger partial charge in [0, 0.05) is 22.7 Å². The van der Waals surface area contributed by atoms with Crippen LogP contribution >= 0.6 is 11.6 Å². The van der Waals surface area contributed by atoms with Crippen LogP contribution in [-0.2, 0) is 10.2 Å². The second kappa shape index (κ2) is 5.68. The maximum atomic E-state index is 12.7. The van der Waals surface area contributed by atoms with Crippen LogP contribution in [0.1, 0.15) is 44.2 Å². The second-order valence-corrected chi connectivity index (χ2v) is 7.06. The highest BCUT2D eigenvalue weighted by molar-refractivity contribution is 6.30. The average Bonchev–Trinajstić information content (AvgIpc) is 2.98. The van der Waals surface area contributed by atoms with Crippen molar-refractivity contribution >= 4 is 17.5 Å². The topological polar surface area (TPSA) is 55.1 Å². The smallest absolute Gasteiger partial charge is 0.232 e. The highest BCUT2D eigenvalue weighted by Gasteiger charge is 2.54. The fourth-order valence-corrected chi connectivity index (χ4v) is 3.50. The molecular weight excluding hydrogens is 312 g/mol.